The molecule has 0 aromatic carbocycles. The van der Waals surface area contributed by atoms with E-state index in [1.54, 1.807) is 0 Å². The molecule has 0 radical (unpaired) electrons. The van der Waals surface area contributed by atoms with Gasteiger partial charge in [-0.05, 0) is 12.8 Å². The Kier molecular flexibility index (Phi) is 2.08. The molecule has 0 atom stereocenters. The van der Waals surface area contributed by atoms with E-state index in [1.165, 1.54) is 11.0 Å². The largest absolute Gasteiger partial charge is 0.442 e. The van der Waals surface area contributed by atoms with E-state index >= 15 is 0 Å². The molecule has 1 aromatic rings. The lowest BCUT2D eigenvalue weighted by atomic mass is 9.95. The first kappa shape index (κ1) is 8.34. The molecule has 1 N–H and O–H groups in total. The summed E-state index contributed by atoms with van der Waals surface area (Å²) in [7, 11) is 0. The summed E-state index contributed by atoms with van der Waals surface area (Å²) in [5.41, 5.74) is -0.420. The van der Waals surface area contributed by atoms with E-state index in [9.17, 15) is 9.59 Å². The molecule has 13 heavy (non-hydrogen) atoms. The van der Waals surface area contributed by atoms with Gasteiger partial charge < -0.3 is 4.52 Å². The highest BCUT2D eigenvalue weighted by Gasteiger charge is 2.20. The van der Waals surface area contributed by atoms with Crippen LogP contribution in [0.3, 0.4) is 0 Å². The second-order valence-electron chi connectivity index (χ2n) is 3.44. The Labute approximate surface area is 74.3 Å². The zero-order valence-corrected chi connectivity index (χ0v) is 7.28. The topological polar surface area (TPSA) is 68.0 Å². The molecule has 0 spiro atoms. The predicted octanol–water partition coefficient (Wildman–Crippen LogP) is 0.635. The SMILES string of the molecule is O=c1[nH]oc(=O)n1C1CCCCC1. The van der Waals surface area contributed by atoms with Gasteiger partial charge in [0.15, 0.2) is 0 Å². The summed E-state index contributed by atoms with van der Waals surface area (Å²) in [6, 6.07) is 0.0451. The molecule has 72 valence electrons. The fourth-order valence-corrected chi connectivity index (χ4v) is 1.92. The van der Waals surface area contributed by atoms with Gasteiger partial charge in [0, 0.05) is 6.04 Å². The summed E-state index contributed by atoms with van der Waals surface area (Å²) in [4.78, 5) is 22.3. The number of H-pyrrole nitrogens is 1. The van der Waals surface area contributed by atoms with Gasteiger partial charge in [-0.1, -0.05) is 19.3 Å². The van der Waals surface area contributed by atoms with Crippen molar-refractivity contribution in [3.8, 4) is 0 Å². The van der Waals surface area contributed by atoms with E-state index < -0.39 is 11.4 Å². The van der Waals surface area contributed by atoms with Gasteiger partial charge in [-0.15, -0.1) is 0 Å². The third-order valence-corrected chi connectivity index (χ3v) is 2.58. The van der Waals surface area contributed by atoms with Crippen molar-refractivity contribution in [3.63, 3.8) is 0 Å². The van der Waals surface area contributed by atoms with Crippen LogP contribution in [0, 0.1) is 0 Å². The van der Waals surface area contributed by atoms with Crippen LogP contribution in [0.4, 0.5) is 0 Å². The van der Waals surface area contributed by atoms with Gasteiger partial charge in [0.1, 0.15) is 0 Å². The summed E-state index contributed by atoms with van der Waals surface area (Å²) < 4.78 is 5.61. The van der Waals surface area contributed by atoms with Crippen LogP contribution in [0.5, 0.6) is 0 Å². The van der Waals surface area contributed by atoms with Gasteiger partial charge in [-0.3, -0.25) is 0 Å². The molecule has 1 heterocycles. The second-order valence-corrected chi connectivity index (χ2v) is 3.44. The maximum Gasteiger partial charge on any atom is 0.442 e. The van der Waals surface area contributed by atoms with E-state index in [-0.39, 0.29) is 6.04 Å². The first-order valence-electron chi connectivity index (χ1n) is 4.59. The van der Waals surface area contributed by atoms with E-state index in [2.05, 4.69) is 9.68 Å². The van der Waals surface area contributed by atoms with Crippen LogP contribution >= 0.6 is 0 Å². The van der Waals surface area contributed by atoms with Gasteiger partial charge >= 0.3 is 11.4 Å². The smallest absolute Gasteiger partial charge is 0.320 e. The highest BCUT2D eigenvalue weighted by molar-refractivity contribution is 4.75. The van der Waals surface area contributed by atoms with Gasteiger partial charge in [0.25, 0.3) is 0 Å². The van der Waals surface area contributed by atoms with Crippen molar-refractivity contribution in [2.24, 2.45) is 0 Å². The van der Waals surface area contributed by atoms with E-state index in [4.69, 9.17) is 0 Å². The number of rotatable bonds is 1. The third-order valence-electron chi connectivity index (χ3n) is 2.58. The van der Waals surface area contributed by atoms with Crippen molar-refractivity contribution in [1.29, 1.82) is 0 Å². The lowest BCUT2D eigenvalue weighted by molar-refractivity contribution is 0.317. The molecule has 0 unspecified atom stereocenters. The molecule has 0 aliphatic heterocycles. The van der Waals surface area contributed by atoms with Gasteiger partial charge in [0.2, 0.25) is 0 Å². The van der Waals surface area contributed by atoms with E-state index in [0.717, 1.165) is 25.7 Å². The minimum Gasteiger partial charge on any atom is -0.320 e. The van der Waals surface area contributed by atoms with Crippen molar-refractivity contribution < 1.29 is 4.52 Å². The van der Waals surface area contributed by atoms with Crippen LogP contribution < -0.4 is 11.4 Å². The van der Waals surface area contributed by atoms with E-state index in [1.807, 2.05) is 0 Å². The highest BCUT2D eigenvalue weighted by atomic mass is 16.5. The molecule has 0 bridgehead atoms. The molecule has 1 fully saturated rings. The lowest BCUT2D eigenvalue weighted by Crippen LogP contribution is -2.31. The first-order chi connectivity index (χ1) is 6.29. The second kappa shape index (κ2) is 3.24. The maximum atomic E-state index is 11.2. The summed E-state index contributed by atoms with van der Waals surface area (Å²) in [5.74, 6) is -0.558. The number of nitrogens with one attached hydrogen (secondary N) is 1. The fraction of sp³-hybridized carbons (Fsp3) is 0.750. The monoisotopic (exact) mass is 184 g/mol. The molecule has 2 rings (SSSR count). The number of hydrogen-bond acceptors (Lipinski definition) is 3. The molecule has 0 saturated heterocycles. The molecule has 1 aromatic heterocycles. The number of aromatic nitrogens is 2. The summed E-state index contributed by atoms with van der Waals surface area (Å²) in [6.45, 7) is 0. The molecule has 1 saturated carbocycles. The summed E-state index contributed by atoms with van der Waals surface area (Å²) >= 11 is 0. The van der Waals surface area contributed by atoms with Crippen LogP contribution in [0.2, 0.25) is 0 Å². The predicted molar refractivity (Wildman–Crippen MR) is 45.7 cm³/mol. The standard InChI is InChI=1S/C8H12N2O3/c11-7-9-13-8(12)10(7)6-4-2-1-3-5-6/h6H,1-5H2,(H,9,11). The molecule has 5 heteroatoms. The average Bonchev–Trinajstić information content (AvgIpc) is 2.48. The van der Waals surface area contributed by atoms with Gasteiger partial charge in [0.05, 0.1) is 0 Å². The lowest BCUT2D eigenvalue weighted by Gasteiger charge is -2.19. The van der Waals surface area contributed by atoms with Crippen LogP contribution in [0.15, 0.2) is 14.1 Å². The number of hydrogen-bond donors (Lipinski definition) is 1. The molecular weight excluding hydrogens is 172 g/mol. The number of aromatic amines is 1. The highest BCUT2D eigenvalue weighted by Crippen LogP contribution is 2.25. The Morgan fingerprint density at radius 3 is 2.46 bits per heavy atom. The minimum atomic E-state index is -0.558. The zero-order valence-electron chi connectivity index (χ0n) is 7.28. The average molecular weight is 184 g/mol. The fourth-order valence-electron chi connectivity index (χ4n) is 1.92. The number of nitrogens with zero attached hydrogens (tertiary/aromatic N) is 1. The minimum absolute atomic E-state index is 0.0451. The van der Waals surface area contributed by atoms with Crippen LogP contribution in [0.25, 0.3) is 0 Å². The summed E-state index contributed by atoms with van der Waals surface area (Å²) in [6.07, 6.45) is 5.18. The zero-order chi connectivity index (χ0) is 9.26. The Balaban J connectivity index is 2.33. The Morgan fingerprint density at radius 2 is 1.92 bits per heavy atom. The molecular formula is C8H12N2O3. The molecule has 0 amide bonds. The van der Waals surface area contributed by atoms with Crippen LogP contribution in [0.1, 0.15) is 38.1 Å². The molecule has 5 nitrogen and oxygen atoms in total. The van der Waals surface area contributed by atoms with Crippen molar-refractivity contribution in [1.82, 2.24) is 9.72 Å². The van der Waals surface area contributed by atoms with Crippen LogP contribution in [-0.4, -0.2) is 9.72 Å². The van der Waals surface area contributed by atoms with Crippen LogP contribution in [-0.2, 0) is 0 Å². The molecule has 1 aliphatic rings. The van der Waals surface area contributed by atoms with Crippen molar-refractivity contribution >= 4 is 0 Å². The quantitative estimate of drug-likeness (QED) is 0.696. The Bertz CT molecular complexity index is 353. The molecule has 1 aliphatic carbocycles. The third kappa shape index (κ3) is 1.46. The summed E-state index contributed by atoms with van der Waals surface area (Å²) in [5, 5.41) is 2.05. The normalized spacial score (nSPS) is 19.1. The van der Waals surface area contributed by atoms with Crippen molar-refractivity contribution in [2.75, 3.05) is 0 Å². The first-order valence-corrected chi connectivity index (χ1v) is 4.59. The van der Waals surface area contributed by atoms with Crippen molar-refractivity contribution in [3.05, 3.63) is 21.0 Å². The van der Waals surface area contributed by atoms with Crippen molar-refractivity contribution in [2.45, 2.75) is 38.1 Å². The Morgan fingerprint density at radius 1 is 1.23 bits per heavy atom. The maximum absolute atomic E-state index is 11.2. The Hall–Kier alpha value is -1.26. The van der Waals surface area contributed by atoms with Gasteiger partial charge in [-0.2, -0.15) is 5.16 Å². The van der Waals surface area contributed by atoms with E-state index in [0.29, 0.717) is 0 Å². The van der Waals surface area contributed by atoms with Gasteiger partial charge in [-0.25, -0.2) is 14.2 Å².